The molecule has 0 aliphatic heterocycles. The van der Waals surface area contributed by atoms with Gasteiger partial charge in [-0.3, -0.25) is 14.6 Å². The molecule has 4 N–H and O–H groups in total. The Morgan fingerprint density at radius 2 is 2.25 bits per heavy atom. The molecule has 0 fully saturated rings. The Kier molecular flexibility index (Phi) is 6.05. The first-order valence-corrected chi connectivity index (χ1v) is 12.4. The number of aryl methyl sites for hydroxylation is 1. The van der Waals surface area contributed by atoms with E-state index in [-0.39, 0.29) is 23.1 Å². The van der Waals surface area contributed by atoms with Crippen LogP contribution in [0.5, 0.6) is 0 Å². The Morgan fingerprint density at radius 1 is 1.46 bits per heavy atom. The summed E-state index contributed by atoms with van der Waals surface area (Å²) in [6.45, 7) is 0.888. The van der Waals surface area contributed by atoms with Crippen LogP contribution in [0.4, 0.5) is 5.95 Å². The number of carbonyl (C=O) groups is 1. The summed E-state index contributed by atoms with van der Waals surface area (Å²) in [5.41, 5.74) is 6.26. The van der Waals surface area contributed by atoms with Crippen LogP contribution in [-0.4, -0.2) is 46.6 Å². The largest absolute Gasteiger partial charge is 0.369 e. The molecule has 0 aromatic carbocycles. The molecule has 0 bridgehead atoms. The number of aromatic nitrogens is 4. The summed E-state index contributed by atoms with van der Waals surface area (Å²) in [6, 6.07) is 1.68. The van der Waals surface area contributed by atoms with Gasteiger partial charge in [-0.15, -0.1) is 11.3 Å². The second kappa shape index (κ2) is 8.32. The highest BCUT2D eigenvalue weighted by atomic mass is 33.1. The molecule has 0 spiro atoms. The van der Waals surface area contributed by atoms with E-state index in [4.69, 9.17) is 5.73 Å². The molecule has 3 aromatic heterocycles. The molecule has 13 heteroatoms. The molecule has 3 aromatic rings. The van der Waals surface area contributed by atoms with E-state index >= 15 is 0 Å². The first-order chi connectivity index (χ1) is 13.2. The fourth-order valence-corrected chi connectivity index (χ4v) is 5.30. The molecular weight excluding hydrogens is 424 g/mol. The predicted octanol–water partition coefficient (Wildman–Crippen LogP) is 0.776. The number of carbonyl (C=O) groups excluding carboxylic acids is 1. The first-order valence-electron chi connectivity index (χ1n) is 8.14. The molecule has 0 unspecified atom stereocenters. The average Bonchev–Trinajstić information content (AvgIpc) is 3.23. The van der Waals surface area contributed by atoms with Gasteiger partial charge in [0.15, 0.2) is 20.0 Å². The maximum absolute atomic E-state index is 12.4. The van der Waals surface area contributed by atoms with E-state index in [1.165, 1.54) is 17.7 Å². The minimum absolute atomic E-state index is 0.0181. The Bertz CT molecular complexity index is 1160. The van der Waals surface area contributed by atoms with Gasteiger partial charge in [-0.2, -0.15) is 4.98 Å². The van der Waals surface area contributed by atoms with Crippen molar-refractivity contribution in [3.63, 3.8) is 0 Å². The summed E-state index contributed by atoms with van der Waals surface area (Å²) >= 11 is 1.35. The number of anilines is 1. The third kappa shape index (κ3) is 4.91. The van der Waals surface area contributed by atoms with Crippen LogP contribution < -0.4 is 16.6 Å². The molecule has 150 valence electrons. The monoisotopic (exact) mass is 442 g/mol. The molecule has 0 aliphatic carbocycles. The fraction of sp³-hybridized carbons (Fsp3) is 0.333. The number of nitrogens with two attached hydrogens (primary N) is 1. The maximum Gasteiger partial charge on any atom is 0.280 e. The fourth-order valence-electron chi connectivity index (χ4n) is 2.50. The zero-order valence-corrected chi connectivity index (χ0v) is 17.3. The normalized spacial score (nSPS) is 11.8. The molecule has 10 nitrogen and oxygen atoms in total. The van der Waals surface area contributed by atoms with Crippen LogP contribution in [0, 0.1) is 0 Å². The number of nitrogen functional groups attached to an aromatic ring is 1. The van der Waals surface area contributed by atoms with E-state index in [1.807, 2.05) is 0 Å². The summed E-state index contributed by atoms with van der Waals surface area (Å²) in [4.78, 5) is 35.3. The van der Waals surface area contributed by atoms with Crippen molar-refractivity contribution >= 4 is 54.0 Å². The predicted molar refractivity (Wildman–Crippen MR) is 110 cm³/mol. The highest BCUT2D eigenvalue weighted by Gasteiger charge is 2.15. The molecule has 0 saturated carbocycles. The number of fused-ring (bicyclic) bond motifs is 1. The summed E-state index contributed by atoms with van der Waals surface area (Å²) < 4.78 is 24.3. The van der Waals surface area contributed by atoms with E-state index in [9.17, 15) is 18.0 Å². The number of amides is 1. The molecule has 3 rings (SSSR count). The lowest BCUT2D eigenvalue weighted by atomic mass is 10.2. The summed E-state index contributed by atoms with van der Waals surface area (Å²) in [5.74, 6) is 0.00575. The number of nitrogens with one attached hydrogen (secondary N) is 2. The Balaban J connectivity index is 1.56. The van der Waals surface area contributed by atoms with Crippen LogP contribution in [0.2, 0.25) is 0 Å². The Morgan fingerprint density at radius 3 is 3.00 bits per heavy atom. The highest BCUT2D eigenvalue weighted by Crippen LogP contribution is 2.25. The van der Waals surface area contributed by atoms with Gasteiger partial charge < -0.3 is 15.6 Å². The van der Waals surface area contributed by atoms with Gasteiger partial charge in [0, 0.05) is 30.0 Å². The standard InChI is InChI=1S/C15H18N6O4S3/c1-28(24,25)27-7-10-9(3-6-26-10)13(22)17-4-2-5-21-8-18-11-12(21)19-15(16)20-14(11)23/h3,6,8H,2,4-5,7H2,1H3,(H,17,22)(H3,16,19,20,23). The average molecular weight is 443 g/mol. The molecule has 0 saturated heterocycles. The van der Waals surface area contributed by atoms with Crippen molar-refractivity contribution in [3.8, 4) is 0 Å². The molecule has 28 heavy (non-hydrogen) atoms. The Hall–Kier alpha value is -2.38. The quantitative estimate of drug-likeness (QED) is 0.342. The molecule has 3 heterocycles. The van der Waals surface area contributed by atoms with Gasteiger partial charge in [0.1, 0.15) is 0 Å². The van der Waals surface area contributed by atoms with Crippen molar-refractivity contribution in [2.24, 2.45) is 0 Å². The topological polar surface area (TPSA) is 153 Å². The summed E-state index contributed by atoms with van der Waals surface area (Å²) in [6.07, 6.45) is 3.23. The lowest BCUT2D eigenvalue weighted by Gasteiger charge is -2.07. The number of hydrogen-bond acceptors (Lipinski definition) is 9. The van der Waals surface area contributed by atoms with Gasteiger partial charge in [-0.1, -0.05) is 0 Å². The van der Waals surface area contributed by atoms with Crippen molar-refractivity contribution in [3.05, 3.63) is 38.6 Å². The summed E-state index contributed by atoms with van der Waals surface area (Å²) in [7, 11) is -2.37. The minimum atomic E-state index is -3.17. The van der Waals surface area contributed by atoms with Crippen LogP contribution >= 0.6 is 22.1 Å². The number of imidazole rings is 1. The zero-order valence-electron chi connectivity index (χ0n) is 14.8. The number of thiophene rings is 1. The van der Waals surface area contributed by atoms with Crippen LogP contribution in [0.25, 0.3) is 11.2 Å². The third-order valence-electron chi connectivity index (χ3n) is 3.75. The minimum Gasteiger partial charge on any atom is -0.369 e. The number of rotatable bonds is 8. The van der Waals surface area contributed by atoms with E-state index < -0.39 is 14.4 Å². The second-order valence-electron chi connectivity index (χ2n) is 5.89. The van der Waals surface area contributed by atoms with E-state index in [0.29, 0.717) is 35.6 Å². The molecule has 0 aliphatic rings. The van der Waals surface area contributed by atoms with Crippen LogP contribution in [0.3, 0.4) is 0 Å². The number of aromatic amines is 1. The van der Waals surface area contributed by atoms with Gasteiger partial charge in [0.05, 0.1) is 11.9 Å². The smallest absolute Gasteiger partial charge is 0.280 e. The van der Waals surface area contributed by atoms with Crippen LogP contribution in [0.1, 0.15) is 21.7 Å². The number of H-pyrrole nitrogens is 1. The molecule has 0 atom stereocenters. The highest BCUT2D eigenvalue weighted by molar-refractivity contribution is 8.71. The maximum atomic E-state index is 12.4. The summed E-state index contributed by atoms with van der Waals surface area (Å²) in [5, 5.41) is 4.58. The van der Waals surface area contributed by atoms with Gasteiger partial charge >= 0.3 is 0 Å². The Labute approximate surface area is 167 Å². The second-order valence-corrected chi connectivity index (χ2v) is 11.4. The van der Waals surface area contributed by atoms with E-state index in [0.717, 1.165) is 17.0 Å². The van der Waals surface area contributed by atoms with Gasteiger partial charge in [0.2, 0.25) is 5.95 Å². The van der Waals surface area contributed by atoms with Crippen molar-refractivity contribution < 1.29 is 13.2 Å². The lowest BCUT2D eigenvalue weighted by molar-refractivity contribution is 0.0952. The van der Waals surface area contributed by atoms with Crippen LogP contribution in [0.15, 0.2) is 22.6 Å². The molecule has 0 radical (unpaired) electrons. The zero-order chi connectivity index (χ0) is 20.3. The van der Waals surface area contributed by atoms with Gasteiger partial charge in [-0.25, -0.2) is 13.4 Å². The third-order valence-corrected chi connectivity index (χ3v) is 7.32. The van der Waals surface area contributed by atoms with Crippen molar-refractivity contribution in [2.45, 2.75) is 18.7 Å². The van der Waals surface area contributed by atoms with Crippen LogP contribution in [-0.2, 0) is 21.2 Å². The van der Waals surface area contributed by atoms with Gasteiger partial charge in [0.25, 0.3) is 11.5 Å². The van der Waals surface area contributed by atoms with E-state index in [1.54, 1.807) is 16.0 Å². The van der Waals surface area contributed by atoms with Crippen molar-refractivity contribution in [1.82, 2.24) is 24.8 Å². The number of hydrogen-bond donors (Lipinski definition) is 3. The van der Waals surface area contributed by atoms with Gasteiger partial charge in [-0.05, 0) is 28.7 Å². The lowest BCUT2D eigenvalue weighted by Crippen LogP contribution is -2.25. The SMILES string of the molecule is CS(=O)(=O)SCc1sccc1C(=O)NCCCn1cnc2c(=O)[nH]c(N)nc21. The molecular formula is C15H18N6O4S3. The van der Waals surface area contributed by atoms with Crippen molar-refractivity contribution in [2.75, 3.05) is 18.5 Å². The number of nitrogens with zero attached hydrogens (tertiary/aromatic N) is 3. The molecule has 1 amide bonds. The van der Waals surface area contributed by atoms with E-state index in [2.05, 4.69) is 20.3 Å². The van der Waals surface area contributed by atoms with Crippen molar-refractivity contribution in [1.29, 1.82) is 0 Å². The first kappa shape index (κ1) is 20.4.